The number of anilines is 1. The summed E-state index contributed by atoms with van der Waals surface area (Å²) in [5, 5.41) is 0.0729. The van der Waals surface area contributed by atoms with Crippen LogP contribution in [0.2, 0.25) is 5.02 Å². The van der Waals surface area contributed by atoms with Crippen molar-refractivity contribution in [3.63, 3.8) is 0 Å². The zero-order chi connectivity index (χ0) is 18.8. The summed E-state index contributed by atoms with van der Waals surface area (Å²) in [5.41, 5.74) is 1.88. The van der Waals surface area contributed by atoms with Crippen molar-refractivity contribution in [3.05, 3.63) is 70.0 Å². The maximum Gasteiger partial charge on any atom is 0.261 e. The van der Waals surface area contributed by atoms with Crippen molar-refractivity contribution >= 4 is 29.1 Å². The van der Waals surface area contributed by atoms with E-state index in [4.69, 9.17) is 16.3 Å². The molecule has 1 saturated heterocycles. The predicted octanol–water partition coefficient (Wildman–Crippen LogP) is 4.66. The molecule has 2 aromatic rings. The second-order valence-electron chi connectivity index (χ2n) is 6.20. The highest BCUT2D eigenvalue weighted by Gasteiger charge is 2.37. The van der Waals surface area contributed by atoms with Gasteiger partial charge in [-0.25, -0.2) is 9.29 Å². The summed E-state index contributed by atoms with van der Waals surface area (Å²) >= 11 is 6.06. The Labute approximate surface area is 155 Å². The van der Waals surface area contributed by atoms with Crippen LogP contribution in [-0.4, -0.2) is 11.8 Å². The number of allylic oxidation sites excluding steroid dienone is 1. The zero-order valence-corrected chi connectivity index (χ0v) is 15.1. The summed E-state index contributed by atoms with van der Waals surface area (Å²) in [5.74, 6) is -1.52. The van der Waals surface area contributed by atoms with Gasteiger partial charge in [0.2, 0.25) is 5.91 Å². The van der Waals surface area contributed by atoms with Crippen molar-refractivity contribution in [3.8, 4) is 5.75 Å². The monoisotopic (exact) mass is 373 g/mol. The van der Waals surface area contributed by atoms with E-state index < -0.39 is 17.6 Å². The minimum absolute atomic E-state index is 0.0383. The molecule has 2 aromatic carbocycles. The smallest absolute Gasteiger partial charge is 0.261 e. The van der Waals surface area contributed by atoms with Gasteiger partial charge in [0.15, 0.2) is 0 Å². The zero-order valence-electron chi connectivity index (χ0n) is 14.4. The van der Waals surface area contributed by atoms with Crippen molar-refractivity contribution < 1.29 is 18.7 Å². The quantitative estimate of drug-likeness (QED) is 0.578. The molecule has 0 unspecified atom stereocenters. The maximum absolute atomic E-state index is 14.4. The molecule has 0 radical (unpaired) electrons. The number of hydrogen-bond acceptors (Lipinski definition) is 3. The first kappa shape index (κ1) is 18.1. The van der Waals surface area contributed by atoms with Crippen molar-refractivity contribution in [2.45, 2.75) is 26.9 Å². The van der Waals surface area contributed by atoms with Crippen LogP contribution in [0, 0.1) is 5.82 Å². The van der Waals surface area contributed by atoms with Crippen LogP contribution in [0.15, 0.2) is 53.6 Å². The lowest BCUT2D eigenvalue weighted by Crippen LogP contribution is -2.30. The normalized spacial score (nSPS) is 14.2. The van der Waals surface area contributed by atoms with Crippen LogP contribution >= 0.6 is 11.6 Å². The van der Waals surface area contributed by atoms with Crippen molar-refractivity contribution in [2.24, 2.45) is 0 Å². The molecular formula is C20H17ClFNO3. The highest BCUT2D eigenvalue weighted by Crippen LogP contribution is 2.36. The van der Waals surface area contributed by atoms with Gasteiger partial charge in [-0.2, -0.15) is 0 Å². The molecule has 1 aliphatic heterocycles. The molecule has 0 saturated carbocycles. The number of nitrogens with zero attached hydrogens (tertiary/aromatic N) is 1. The van der Waals surface area contributed by atoms with Gasteiger partial charge in [0.25, 0.3) is 5.91 Å². The van der Waals surface area contributed by atoms with Gasteiger partial charge in [-0.05, 0) is 25.5 Å². The van der Waals surface area contributed by atoms with Crippen LogP contribution in [0.25, 0.3) is 0 Å². The summed E-state index contributed by atoms with van der Waals surface area (Å²) in [6, 6.07) is 11.7. The highest BCUT2D eigenvalue weighted by molar-refractivity contribution is 6.32. The van der Waals surface area contributed by atoms with Gasteiger partial charge in [-0.15, -0.1) is 0 Å². The molecule has 26 heavy (non-hydrogen) atoms. The van der Waals surface area contributed by atoms with Crippen molar-refractivity contribution in [1.82, 2.24) is 0 Å². The lowest BCUT2D eigenvalue weighted by atomic mass is 10.1. The average Bonchev–Trinajstić information content (AvgIpc) is 2.90. The standard InChI is InChI=1S/C20H17ClFNO3/c1-12(2)14-8-19(24)23(20(14)25)17-10-18(15(21)9-16(17)22)26-11-13-6-4-3-5-7-13/h3-7,9-10H,8,11H2,1-2H3. The molecule has 0 aromatic heterocycles. The number of rotatable bonds is 4. The number of carbonyl (C=O) groups is 2. The van der Waals surface area contributed by atoms with Crippen LogP contribution in [0.3, 0.4) is 0 Å². The first-order valence-corrected chi connectivity index (χ1v) is 8.45. The number of ether oxygens (including phenoxy) is 1. The molecule has 134 valence electrons. The molecular weight excluding hydrogens is 357 g/mol. The fourth-order valence-electron chi connectivity index (χ4n) is 2.72. The third-order valence-electron chi connectivity index (χ3n) is 4.12. The lowest BCUT2D eigenvalue weighted by Gasteiger charge is -2.17. The number of hydrogen-bond donors (Lipinski definition) is 0. The molecule has 3 rings (SSSR count). The lowest BCUT2D eigenvalue weighted by molar-refractivity contribution is -0.120. The SMILES string of the molecule is CC(C)=C1CC(=O)N(c2cc(OCc3ccccc3)c(Cl)cc2F)C1=O. The summed E-state index contributed by atoms with van der Waals surface area (Å²) in [7, 11) is 0. The Morgan fingerprint density at radius 2 is 1.88 bits per heavy atom. The third-order valence-corrected chi connectivity index (χ3v) is 4.42. The van der Waals surface area contributed by atoms with E-state index in [0.717, 1.165) is 22.1 Å². The van der Waals surface area contributed by atoms with Gasteiger partial charge in [0, 0.05) is 11.6 Å². The largest absolute Gasteiger partial charge is 0.487 e. The summed E-state index contributed by atoms with van der Waals surface area (Å²) in [6.07, 6.45) is -0.0383. The first-order valence-electron chi connectivity index (χ1n) is 8.08. The summed E-state index contributed by atoms with van der Waals surface area (Å²) in [6.45, 7) is 3.72. The van der Waals surface area contributed by atoms with Gasteiger partial charge in [0.05, 0.1) is 17.1 Å². The average molecular weight is 374 g/mol. The molecule has 0 aliphatic carbocycles. The maximum atomic E-state index is 14.4. The van der Waals surface area contributed by atoms with Crippen LogP contribution in [0.1, 0.15) is 25.8 Å². The molecule has 0 spiro atoms. The molecule has 1 aliphatic rings. The van der Waals surface area contributed by atoms with E-state index in [9.17, 15) is 14.0 Å². The molecule has 1 fully saturated rings. The molecule has 1 heterocycles. The van der Waals surface area contributed by atoms with Crippen LogP contribution in [0.4, 0.5) is 10.1 Å². The Bertz CT molecular complexity index is 905. The van der Waals surface area contributed by atoms with Crippen LogP contribution in [0.5, 0.6) is 5.75 Å². The predicted molar refractivity (Wildman–Crippen MR) is 97.7 cm³/mol. The summed E-state index contributed by atoms with van der Waals surface area (Å²) in [4.78, 5) is 25.6. The third kappa shape index (κ3) is 3.48. The Morgan fingerprint density at radius 1 is 1.19 bits per heavy atom. The van der Waals surface area contributed by atoms with E-state index in [1.807, 2.05) is 30.3 Å². The van der Waals surface area contributed by atoms with Gasteiger partial charge in [0.1, 0.15) is 18.2 Å². The van der Waals surface area contributed by atoms with E-state index in [-0.39, 0.29) is 29.5 Å². The van der Waals surface area contributed by atoms with E-state index >= 15 is 0 Å². The molecule has 6 heteroatoms. The number of benzene rings is 2. The second kappa shape index (κ2) is 7.30. The fourth-order valence-corrected chi connectivity index (χ4v) is 2.93. The number of amides is 2. The van der Waals surface area contributed by atoms with Gasteiger partial charge >= 0.3 is 0 Å². The molecule has 2 amide bonds. The van der Waals surface area contributed by atoms with Crippen LogP contribution in [-0.2, 0) is 16.2 Å². The van der Waals surface area contributed by atoms with E-state index in [2.05, 4.69) is 0 Å². The van der Waals surface area contributed by atoms with Gasteiger partial charge < -0.3 is 4.74 Å². The molecule has 0 atom stereocenters. The van der Waals surface area contributed by atoms with Crippen molar-refractivity contribution in [2.75, 3.05) is 4.90 Å². The van der Waals surface area contributed by atoms with Gasteiger partial charge in [-0.1, -0.05) is 47.5 Å². The topological polar surface area (TPSA) is 46.6 Å². The van der Waals surface area contributed by atoms with E-state index in [1.165, 1.54) is 6.07 Å². The Balaban J connectivity index is 1.92. The first-order chi connectivity index (χ1) is 12.4. The van der Waals surface area contributed by atoms with Crippen LogP contribution < -0.4 is 9.64 Å². The second-order valence-corrected chi connectivity index (χ2v) is 6.61. The minimum Gasteiger partial charge on any atom is -0.487 e. The molecule has 4 nitrogen and oxygen atoms in total. The Kier molecular flexibility index (Phi) is 5.09. The number of halogens is 2. The minimum atomic E-state index is -0.751. The van der Waals surface area contributed by atoms with E-state index in [0.29, 0.717) is 5.57 Å². The van der Waals surface area contributed by atoms with Crippen molar-refractivity contribution in [1.29, 1.82) is 0 Å². The number of imide groups is 1. The van der Waals surface area contributed by atoms with Gasteiger partial charge in [-0.3, -0.25) is 9.59 Å². The molecule has 0 N–H and O–H groups in total. The Morgan fingerprint density at radius 3 is 2.50 bits per heavy atom. The molecule has 0 bridgehead atoms. The fraction of sp³-hybridized carbons (Fsp3) is 0.200. The summed E-state index contributed by atoms with van der Waals surface area (Å²) < 4.78 is 20.1. The Hall–Kier alpha value is -2.66. The van der Waals surface area contributed by atoms with E-state index in [1.54, 1.807) is 13.8 Å². The number of carbonyl (C=O) groups excluding carboxylic acids is 2. The highest BCUT2D eigenvalue weighted by atomic mass is 35.5.